The number of carbonyl (C=O) groups is 1. The zero-order valence-corrected chi connectivity index (χ0v) is 17.6. The molecule has 0 saturated carbocycles. The van der Waals surface area contributed by atoms with E-state index < -0.39 is 0 Å². The van der Waals surface area contributed by atoms with Gasteiger partial charge >= 0.3 is 0 Å². The van der Waals surface area contributed by atoms with E-state index in [1.807, 2.05) is 18.2 Å². The highest BCUT2D eigenvalue weighted by Gasteiger charge is 2.19. The predicted molar refractivity (Wildman–Crippen MR) is 119 cm³/mol. The molecule has 9 heteroatoms. The molecule has 31 heavy (non-hydrogen) atoms. The molecule has 4 aromatic rings. The molecule has 1 N–H and O–H groups in total. The van der Waals surface area contributed by atoms with Crippen molar-refractivity contribution in [2.24, 2.45) is 0 Å². The number of benzene rings is 2. The summed E-state index contributed by atoms with van der Waals surface area (Å²) in [5, 5.41) is 3.53. The fourth-order valence-electron chi connectivity index (χ4n) is 3.34. The van der Waals surface area contributed by atoms with Gasteiger partial charge in [0.15, 0.2) is 5.65 Å². The third-order valence-electron chi connectivity index (χ3n) is 4.74. The van der Waals surface area contributed by atoms with Gasteiger partial charge in [-0.15, -0.1) is 0 Å². The molecule has 0 unspecified atom stereocenters. The Hall–Kier alpha value is -3.78. The van der Waals surface area contributed by atoms with E-state index in [9.17, 15) is 9.59 Å². The third kappa shape index (κ3) is 3.85. The Bertz CT molecular complexity index is 1310. The Balaban J connectivity index is 1.74. The summed E-state index contributed by atoms with van der Waals surface area (Å²) in [6.45, 7) is -0.155. The van der Waals surface area contributed by atoms with Crippen molar-refractivity contribution in [3.8, 4) is 17.2 Å². The number of amides is 1. The van der Waals surface area contributed by atoms with Crippen molar-refractivity contribution in [3.63, 3.8) is 0 Å². The van der Waals surface area contributed by atoms with Crippen molar-refractivity contribution >= 4 is 34.2 Å². The second kappa shape index (κ2) is 8.53. The maximum absolute atomic E-state index is 13.0. The summed E-state index contributed by atoms with van der Waals surface area (Å²) in [6, 6.07) is 15.6. The number of nitrogens with zero attached hydrogens (tertiary/aromatic N) is 3. The molecule has 2 aromatic heterocycles. The molecule has 0 saturated heterocycles. The lowest BCUT2D eigenvalue weighted by Gasteiger charge is -2.15. The molecule has 2 heterocycles. The summed E-state index contributed by atoms with van der Waals surface area (Å²) in [4.78, 5) is 30.3. The summed E-state index contributed by atoms with van der Waals surface area (Å²) in [5.74, 6) is 0.437. The Kier molecular flexibility index (Phi) is 5.64. The number of ether oxygens (including phenoxy) is 2. The van der Waals surface area contributed by atoms with Crippen molar-refractivity contribution in [2.45, 2.75) is 6.54 Å². The molecule has 0 fully saturated rings. The molecule has 0 aliphatic rings. The zero-order chi connectivity index (χ0) is 22.0. The van der Waals surface area contributed by atoms with Gasteiger partial charge in [-0.25, -0.2) is 9.67 Å². The number of para-hydroxylation sites is 1. The number of methoxy groups -OCH3 is 2. The summed E-state index contributed by atoms with van der Waals surface area (Å²) in [7, 11) is 2.97. The number of aromatic nitrogens is 3. The van der Waals surface area contributed by atoms with Crippen LogP contribution in [0.3, 0.4) is 0 Å². The number of carbonyl (C=O) groups excluding carboxylic acids is 1. The zero-order valence-electron chi connectivity index (χ0n) is 16.8. The Morgan fingerprint density at radius 2 is 1.81 bits per heavy atom. The summed E-state index contributed by atoms with van der Waals surface area (Å²) in [6.07, 6.45) is 1.58. The lowest BCUT2D eigenvalue weighted by atomic mass is 10.2. The molecule has 2 aromatic carbocycles. The average molecular weight is 439 g/mol. The van der Waals surface area contributed by atoms with Crippen LogP contribution in [0.1, 0.15) is 0 Å². The van der Waals surface area contributed by atoms with Crippen molar-refractivity contribution in [1.82, 2.24) is 14.3 Å². The average Bonchev–Trinajstić information content (AvgIpc) is 3.06. The molecular weight excluding hydrogens is 420 g/mol. The summed E-state index contributed by atoms with van der Waals surface area (Å²) in [5.41, 5.74) is 1.16. The maximum Gasteiger partial charge on any atom is 0.280 e. The molecule has 0 aliphatic heterocycles. The van der Waals surface area contributed by atoms with Crippen molar-refractivity contribution in [2.75, 3.05) is 19.5 Å². The van der Waals surface area contributed by atoms with Crippen LogP contribution < -0.4 is 20.3 Å². The van der Waals surface area contributed by atoms with Gasteiger partial charge in [0.05, 0.1) is 36.0 Å². The van der Waals surface area contributed by atoms with Crippen LogP contribution in [0.5, 0.6) is 11.5 Å². The van der Waals surface area contributed by atoms with Gasteiger partial charge in [0.1, 0.15) is 18.0 Å². The van der Waals surface area contributed by atoms with Crippen LogP contribution in [0, 0.1) is 0 Å². The van der Waals surface area contributed by atoms with Gasteiger partial charge in [0, 0.05) is 12.3 Å². The highest BCUT2D eigenvalue weighted by molar-refractivity contribution is 6.32. The second-order valence-corrected chi connectivity index (χ2v) is 7.03. The standard InChI is InChI=1S/C22H19ClN4O4/c1-30-18-12-19(31-2)17(11-16(18)23)25-20(28)13-26-21-15(9-6-10-24-21)22(29)27(26)14-7-4-3-5-8-14/h3-12H,13H2,1-2H3,(H,25,28). The Morgan fingerprint density at radius 3 is 2.52 bits per heavy atom. The normalized spacial score (nSPS) is 10.8. The van der Waals surface area contributed by atoms with Crippen molar-refractivity contribution in [1.29, 1.82) is 0 Å². The minimum atomic E-state index is -0.383. The topological polar surface area (TPSA) is 87.4 Å². The molecule has 1 amide bonds. The van der Waals surface area contributed by atoms with E-state index in [2.05, 4.69) is 10.3 Å². The number of pyridine rings is 1. The predicted octanol–water partition coefficient (Wildman–Crippen LogP) is 3.50. The first kappa shape index (κ1) is 20.5. The van der Waals surface area contributed by atoms with E-state index in [1.165, 1.54) is 18.9 Å². The summed E-state index contributed by atoms with van der Waals surface area (Å²) >= 11 is 6.20. The molecular formula is C22H19ClN4O4. The first-order valence-electron chi connectivity index (χ1n) is 9.37. The molecule has 0 spiro atoms. The number of nitrogens with one attached hydrogen (secondary N) is 1. The highest BCUT2D eigenvalue weighted by Crippen LogP contribution is 2.35. The van der Waals surface area contributed by atoms with Crippen LogP contribution >= 0.6 is 11.6 Å². The molecule has 0 atom stereocenters. The number of halogens is 1. The minimum Gasteiger partial charge on any atom is -0.495 e. The van der Waals surface area contributed by atoms with E-state index in [4.69, 9.17) is 21.1 Å². The van der Waals surface area contributed by atoms with Gasteiger partial charge in [0.25, 0.3) is 5.56 Å². The van der Waals surface area contributed by atoms with Crippen LogP contribution in [0.25, 0.3) is 16.7 Å². The van der Waals surface area contributed by atoms with Crippen LogP contribution in [0.4, 0.5) is 5.69 Å². The van der Waals surface area contributed by atoms with Gasteiger partial charge in [-0.3, -0.25) is 14.3 Å². The van der Waals surface area contributed by atoms with Gasteiger partial charge in [-0.1, -0.05) is 29.8 Å². The fourth-order valence-corrected chi connectivity index (χ4v) is 3.58. The Morgan fingerprint density at radius 1 is 1.06 bits per heavy atom. The van der Waals surface area contributed by atoms with Gasteiger partial charge in [-0.2, -0.15) is 0 Å². The quantitative estimate of drug-likeness (QED) is 0.498. The van der Waals surface area contributed by atoms with Crippen molar-refractivity contribution in [3.05, 3.63) is 76.2 Å². The SMILES string of the molecule is COc1cc(OC)c(NC(=O)Cn2c3ncccc3c(=O)n2-c2ccccc2)cc1Cl. The number of hydrogen-bond acceptors (Lipinski definition) is 5. The molecule has 4 rings (SSSR count). The van der Waals surface area contributed by atoms with E-state index in [0.717, 1.165) is 0 Å². The molecule has 0 radical (unpaired) electrons. The van der Waals surface area contributed by atoms with E-state index in [1.54, 1.807) is 47.3 Å². The van der Waals surface area contributed by atoms with E-state index >= 15 is 0 Å². The number of anilines is 1. The van der Waals surface area contributed by atoms with E-state index in [0.29, 0.717) is 38.9 Å². The van der Waals surface area contributed by atoms with Gasteiger partial charge in [0.2, 0.25) is 5.91 Å². The smallest absolute Gasteiger partial charge is 0.280 e. The van der Waals surface area contributed by atoms with Gasteiger partial charge in [-0.05, 0) is 30.3 Å². The lowest BCUT2D eigenvalue weighted by Crippen LogP contribution is -2.27. The number of rotatable bonds is 6. The molecule has 0 aliphatic carbocycles. The van der Waals surface area contributed by atoms with Crippen LogP contribution in [-0.2, 0) is 11.3 Å². The first-order valence-corrected chi connectivity index (χ1v) is 9.74. The maximum atomic E-state index is 13.0. The molecule has 8 nitrogen and oxygen atoms in total. The first-order chi connectivity index (χ1) is 15.0. The highest BCUT2D eigenvalue weighted by atomic mass is 35.5. The van der Waals surface area contributed by atoms with E-state index in [-0.39, 0.29) is 18.0 Å². The van der Waals surface area contributed by atoms with Crippen molar-refractivity contribution < 1.29 is 14.3 Å². The molecule has 0 bridgehead atoms. The minimum absolute atomic E-state index is 0.155. The van der Waals surface area contributed by atoms with Gasteiger partial charge < -0.3 is 14.8 Å². The summed E-state index contributed by atoms with van der Waals surface area (Å²) < 4.78 is 13.5. The largest absolute Gasteiger partial charge is 0.495 e. The van der Waals surface area contributed by atoms with Crippen LogP contribution in [0.15, 0.2) is 65.6 Å². The monoisotopic (exact) mass is 438 g/mol. The fraction of sp³-hybridized carbons (Fsp3) is 0.136. The number of fused-ring (bicyclic) bond motifs is 1. The Labute approximate surface area is 182 Å². The lowest BCUT2D eigenvalue weighted by molar-refractivity contribution is -0.117. The second-order valence-electron chi connectivity index (χ2n) is 6.62. The third-order valence-corrected chi connectivity index (χ3v) is 5.03. The molecule has 158 valence electrons. The van der Waals surface area contributed by atoms with Crippen LogP contribution in [-0.4, -0.2) is 34.5 Å². The number of hydrogen-bond donors (Lipinski definition) is 1. The van der Waals surface area contributed by atoms with Crippen LogP contribution in [0.2, 0.25) is 5.02 Å².